The maximum atomic E-state index is 13.1. The summed E-state index contributed by atoms with van der Waals surface area (Å²) in [6, 6.07) is 9.84. The third-order valence-electron chi connectivity index (χ3n) is 4.52. The van der Waals surface area contributed by atoms with Crippen molar-refractivity contribution in [2.24, 2.45) is 5.92 Å². The molecule has 3 aromatic rings. The number of rotatable bonds is 5. The van der Waals surface area contributed by atoms with Crippen molar-refractivity contribution in [2.75, 3.05) is 5.32 Å². The summed E-state index contributed by atoms with van der Waals surface area (Å²) in [6.07, 6.45) is 4.07. The lowest BCUT2D eigenvalue weighted by molar-refractivity contribution is 0.426. The number of benzene rings is 1. The van der Waals surface area contributed by atoms with Gasteiger partial charge >= 0.3 is 0 Å². The van der Waals surface area contributed by atoms with E-state index >= 15 is 0 Å². The summed E-state index contributed by atoms with van der Waals surface area (Å²) in [7, 11) is 0. The van der Waals surface area contributed by atoms with E-state index in [0.717, 1.165) is 12.8 Å². The van der Waals surface area contributed by atoms with Crippen LogP contribution < -0.4 is 10.9 Å². The van der Waals surface area contributed by atoms with Gasteiger partial charge in [0, 0.05) is 11.9 Å². The monoisotopic (exact) mass is 337 g/mol. The number of aromatic amines is 1. The molecule has 2 heterocycles. The molecule has 7 heteroatoms. The van der Waals surface area contributed by atoms with Crippen LogP contribution in [-0.2, 0) is 0 Å². The number of hydrogen-bond acceptors (Lipinski definition) is 4. The number of anilines is 2. The van der Waals surface area contributed by atoms with Crippen molar-refractivity contribution in [3.63, 3.8) is 0 Å². The number of nitrogens with zero attached hydrogens (tertiary/aromatic N) is 3. The molecule has 0 radical (unpaired) electrons. The Balaban J connectivity index is 1.82. The summed E-state index contributed by atoms with van der Waals surface area (Å²) in [5.41, 5.74) is 1.08. The molecule has 1 atom stereocenters. The highest BCUT2D eigenvalue weighted by Crippen LogP contribution is 2.42. The zero-order valence-corrected chi connectivity index (χ0v) is 13.4. The first kappa shape index (κ1) is 15.4. The first-order valence-corrected chi connectivity index (χ1v) is 8.17. The molecular weight excluding hydrogens is 321 g/mol. The van der Waals surface area contributed by atoms with Crippen molar-refractivity contribution in [1.29, 1.82) is 5.26 Å². The lowest BCUT2D eigenvalue weighted by Gasteiger charge is -2.14. The molecule has 0 bridgehead atoms. The Kier molecular flexibility index (Phi) is 3.73. The standard InChI is InChI=1S/C18H16FN5O/c19-12-3-5-13(6-4-12)22-17-16-15(8-10-21-18(16)25)24(23-17)14(7-9-20)11-1-2-11/h3-6,8,10-11,14H,1-2,7H2,(H,21,25)(H,22,23)/t14-/m0/s1. The van der Waals surface area contributed by atoms with E-state index in [0.29, 0.717) is 34.7 Å². The summed E-state index contributed by atoms with van der Waals surface area (Å²) in [4.78, 5) is 15.0. The van der Waals surface area contributed by atoms with E-state index in [1.54, 1.807) is 29.1 Å². The number of aromatic nitrogens is 3. The third-order valence-corrected chi connectivity index (χ3v) is 4.52. The third kappa shape index (κ3) is 2.87. The van der Waals surface area contributed by atoms with E-state index in [2.05, 4.69) is 21.5 Å². The van der Waals surface area contributed by atoms with Crippen molar-refractivity contribution in [3.8, 4) is 6.07 Å². The first-order chi connectivity index (χ1) is 12.2. The van der Waals surface area contributed by atoms with E-state index in [1.807, 2.05) is 0 Å². The second-order valence-corrected chi connectivity index (χ2v) is 6.26. The Bertz CT molecular complexity index is 1010. The van der Waals surface area contributed by atoms with Crippen molar-refractivity contribution >= 4 is 22.4 Å². The van der Waals surface area contributed by atoms with Crippen LogP contribution in [0.15, 0.2) is 41.3 Å². The molecule has 1 fully saturated rings. The van der Waals surface area contributed by atoms with Crippen LogP contribution in [0.2, 0.25) is 0 Å². The van der Waals surface area contributed by atoms with Crippen LogP contribution in [0, 0.1) is 23.1 Å². The molecule has 25 heavy (non-hydrogen) atoms. The number of nitrogens with one attached hydrogen (secondary N) is 2. The molecular formula is C18H16FN5O. The first-order valence-electron chi connectivity index (χ1n) is 8.17. The minimum absolute atomic E-state index is 0.0435. The Morgan fingerprint density at radius 1 is 1.36 bits per heavy atom. The SMILES string of the molecule is N#CC[C@@H](C1CC1)n1nc(Nc2ccc(F)cc2)c2c(=O)[nH]ccc21. The van der Waals surface area contributed by atoms with Gasteiger partial charge in [-0.15, -0.1) is 0 Å². The minimum Gasteiger partial charge on any atom is -0.338 e. The quantitative estimate of drug-likeness (QED) is 0.746. The van der Waals surface area contributed by atoms with E-state index in [4.69, 9.17) is 5.26 Å². The molecule has 0 amide bonds. The molecule has 0 spiro atoms. The van der Waals surface area contributed by atoms with Gasteiger partial charge in [-0.25, -0.2) is 4.39 Å². The predicted octanol–water partition coefficient (Wildman–Crippen LogP) is 3.47. The molecule has 0 aliphatic heterocycles. The molecule has 1 aromatic carbocycles. The topological polar surface area (TPSA) is 86.5 Å². The van der Waals surface area contributed by atoms with E-state index < -0.39 is 0 Å². The van der Waals surface area contributed by atoms with Crippen molar-refractivity contribution in [2.45, 2.75) is 25.3 Å². The fraction of sp³-hybridized carbons (Fsp3) is 0.278. The van der Waals surface area contributed by atoms with Gasteiger partial charge in [0.05, 0.1) is 24.0 Å². The zero-order chi connectivity index (χ0) is 17.4. The maximum absolute atomic E-state index is 13.1. The summed E-state index contributed by atoms with van der Waals surface area (Å²) >= 11 is 0. The van der Waals surface area contributed by atoms with E-state index in [1.165, 1.54) is 12.1 Å². The highest BCUT2D eigenvalue weighted by atomic mass is 19.1. The molecule has 1 saturated carbocycles. The van der Waals surface area contributed by atoms with Crippen molar-refractivity contribution < 1.29 is 4.39 Å². The number of fused-ring (bicyclic) bond motifs is 1. The number of hydrogen-bond donors (Lipinski definition) is 2. The number of nitriles is 1. The van der Waals surface area contributed by atoms with Crippen LogP contribution in [0.1, 0.15) is 25.3 Å². The Hall–Kier alpha value is -3.14. The molecule has 4 rings (SSSR count). The van der Waals surface area contributed by atoms with Gasteiger partial charge < -0.3 is 10.3 Å². The molecule has 126 valence electrons. The minimum atomic E-state index is -0.332. The zero-order valence-electron chi connectivity index (χ0n) is 13.4. The Labute approximate surface area is 142 Å². The average molecular weight is 337 g/mol. The fourth-order valence-electron chi connectivity index (χ4n) is 3.14. The van der Waals surface area contributed by atoms with Gasteiger partial charge in [-0.3, -0.25) is 9.48 Å². The van der Waals surface area contributed by atoms with Crippen LogP contribution in [0.5, 0.6) is 0 Å². The van der Waals surface area contributed by atoms with Crippen molar-refractivity contribution in [3.05, 3.63) is 52.7 Å². The van der Waals surface area contributed by atoms with Crippen LogP contribution in [0.4, 0.5) is 15.9 Å². The maximum Gasteiger partial charge on any atom is 0.261 e. The van der Waals surface area contributed by atoms with Gasteiger partial charge in [-0.2, -0.15) is 10.4 Å². The van der Waals surface area contributed by atoms with Gasteiger partial charge in [0.25, 0.3) is 5.56 Å². The lowest BCUT2D eigenvalue weighted by Crippen LogP contribution is -2.13. The summed E-state index contributed by atoms with van der Waals surface area (Å²) in [6.45, 7) is 0. The average Bonchev–Trinajstić information content (AvgIpc) is 3.38. The second-order valence-electron chi connectivity index (χ2n) is 6.26. The van der Waals surface area contributed by atoms with Gasteiger partial charge in [-0.05, 0) is 49.1 Å². The van der Waals surface area contributed by atoms with Crippen LogP contribution >= 0.6 is 0 Å². The normalized spacial score (nSPS) is 15.0. The number of halogens is 1. The summed E-state index contributed by atoms with van der Waals surface area (Å²) < 4.78 is 14.9. The molecule has 1 aliphatic rings. The van der Waals surface area contributed by atoms with E-state index in [9.17, 15) is 9.18 Å². The smallest absolute Gasteiger partial charge is 0.261 e. The van der Waals surface area contributed by atoms with Crippen LogP contribution in [-0.4, -0.2) is 14.8 Å². The Morgan fingerprint density at radius 3 is 2.80 bits per heavy atom. The molecule has 2 N–H and O–H groups in total. The Morgan fingerprint density at radius 2 is 2.12 bits per heavy atom. The highest BCUT2D eigenvalue weighted by Gasteiger charge is 2.34. The molecule has 0 saturated heterocycles. The molecule has 6 nitrogen and oxygen atoms in total. The second kappa shape index (κ2) is 6.06. The van der Waals surface area contributed by atoms with E-state index in [-0.39, 0.29) is 17.4 Å². The summed E-state index contributed by atoms with van der Waals surface area (Å²) in [5, 5.41) is 17.3. The van der Waals surface area contributed by atoms with Gasteiger partial charge in [0.1, 0.15) is 11.2 Å². The van der Waals surface area contributed by atoms with Gasteiger partial charge in [0.15, 0.2) is 5.82 Å². The highest BCUT2D eigenvalue weighted by molar-refractivity contribution is 5.91. The van der Waals surface area contributed by atoms with Crippen molar-refractivity contribution in [1.82, 2.24) is 14.8 Å². The van der Waals surface area contributed by atoms with Gasteiger partial charge in [-0.1, -0.05) is 0 Å². The van der Waals surface area contributed by atoms with Crippen LogP contribution in [0.25, 0.3) is 10.9 Å². The molecule has 1 aliphatic carbocycles. The number of H-pyrrole nitrogens is 1. The molecule has 0 unspecified atom stereocenters. The molecule has 2 aromatic heterocycles. The lowest BCUT2D eigenvalue weighted by atomic mass is 10.1. The largest absolute Gasteiger partial charge is 0.338 e. The summed E-state index contributed by atoms with van der Waals surface area (Å²) in [5.74, 6) is 0.495. The van der Waals surface area contributed by atoms with Gasteiger partial charge in [0.2, 0.25) is 0 Å². The predicted molar refractivity (Wildman–Crippen MR) is 92.0 cm³/mol. The fourth-order valence-corrected chi connectivity index (χ4v) is 3.14. The van der Waals surface area contributed by atoms with Crippen LogP contribution in [0.3, 0.4) is 0 Å². The number of pyridine rings is 1.